The van der Waals surface area contributed by atoms with Crippen molar-refractivity contribution in [1.82, 2.24) is 10.6 Å². The Labute approximate surface area is 124 Å². The summed E-state index contributed by atoms with van der Waals surface area (Å²) in [6, 6.07) is 7.97. The Morgan fingerprint density at radius 1 is 1.24 bits per heavy atom. The molecule has 2 unspecified atom stereocenters. The molecule has 3 N–H and O–H groups in total. The van der Waals surface area contributed by atoms with Gasteiger partial charge in [-0.05, 0) is 25.3 Å². The average Bonchev–Trinajstić information content (AvgIpc) is 2.44. The first-order valence-corrected chi connectivity index (χ1v) is 6.85. The maximum absolute atomic E-state index is 11.7. The van der Waals surface area contributed by atoms with Gasteiger partial charge in [0.15, 0.2) is 0 Å². The molecule has 0 heterocycles. The molecule has 1 aromatic carbocycles. The number of aryl methyl sites for hydroxylation is 1. The van der Waals surface area contributed by atoms with Gasteiger partial charge >= 0.3 is 12.0 Å². The van der Waals surface area contributed by atoms with Crippen LogP contribution in [-0.2, 0) is 16.0 Å². The minimum Gasteiger partial charge on any atom is -0.480 e. The van der Waals surface area contributed by atoms with Crippen LogP contribution < -0.4 is 10.6 Å². The number of nitrogens with one attached hydrogen (secondary N) is 2. The third-order valence-corrected chi connectivity index (χ3v) is 2.96. The van der Waals surface area contributed by atoms with Crippen LogP contribution in [0.5, 0.6) is 0 Å². The number of methoxy groups -OCH3 is 1. The summed E-state index contributed by atoms with van der Waals surface area (Å²) in [5.74, 6) is -1.04. The molecule has 0 bridgehead atoms. The zero-order chi connectivity index (χ0) is 15.7. The number of carbonyl (C=O) groups excluding carboxylic acids is 1. The number of aliphatic carboxylic acids is 1. The van der Waals surface area contributed by atoms with Crippen LogP contribution in [0, 0.1) is 0 Å². The molecule has 0 saturated carbocycles. The van der Waals surface area contributed by atoms with Crippen LogP contribution in [0.4, 0.5) is 4.79 Å². The van der Waals surface area contributed by atoms with Gasteiger partial charge in [0, 0.05) is 7.11 Å². The van der Waals surface area contributed by atoms with Gasteiger partial charge in [0.25, 0.3) is 0 Å². The highest BCUT2D eigenvalue weighted by Gasteiger charge is 2.20. The Bertz CT molecular complexity index is 450. The second kappa shape index (κ2) is 8.97. The fourth-order valence-corrected chi connectivity index (χ4v) is 1.93. The van der Waals surface area contributed by atoms with Gasteiger partial charge < -0.3 is 20.5 Å². The van der Waals surface area contributed by atoms with Gasteiger partial charge in [0.05, 0.1) is 12.6 Å². The molecule has 0 aromatic heterocycles. The van der Waals surface area contributed by atoms with Crippen LogP contribution >= 0.6 is 0 Å². The quantitative estimate of drug-likeness (QED) is 0.676. The molecule has 0 aliphatic carbocycles. The lowest BCUT2D eigenvalue weighted by molar-refractivity contribution is -0.139. The lowest BCUT2D eigenvalue weighted by atomic mass is 10.1. The standard InChI is InChI=1S/C15H22N2O4/c1-11(10-21-2)16-15(20)17-13(14(18)19)9-8-12-6-4-3-5-7-12/h3-7,11,13H,8-10H2,1-2H3,(H,18,19)(H2,16,17,20). The van der Waals surface area contributed by atoms with Crippen molar-refractivity contribution in [2.24, 2.45) is 0 Å². The summed E-state index contributed by atoms with van der Waals surface area (Å²) in [4.78, 5) is 22.9. The van der Waals surface area contributed by atoms with Crippen LogP contribution in [0.2, 0.25) is 0 Å². The van der Waals surface area contributed by atoms with E-state index in [1.807, 2.05) is 30.3 Å². The third kappa shape index (κ3) is 6.76. The molecule has 0 aliphatic heterocycles. The lowest BCUT2D eigenvalue weighted by Gasteiger charge is -2.18. The van der Waals surface area contributed by atoms with Gasteiger partial charge in [-0.3, -0.25) is 0 Å². The molecule has 116 valence electrons. The number of rotatable bonds is 8. The Balaban J connectivity index is 2.46. The van der Waals surface area contributed by atoms with E-state index in [9.17, 15) is 14.7 Å². The van der Waals surface area contributed by atoms with E-state index in [0.717, 1.165) is 5.56 Å². The topological polar surface area (TPSA) is 87.7 Å². The summed E-state index contributed by atoms with van der Waals surface area (Å²) in [5, 5.41) is 14.3. The molecule has 0 aliphatic rings. The number of benzene rings is 1. The number of ether oxygens (including phenoxy) is 1. The SMILES string of the molecule is COCC(C)NC(=O)NC(CCc1ccccc1)C(=O)O. The van der Waals surface area contributed by atoms with Crippen molar-refractivity contribution in [3.8, 4) is 0 Å². The minimum absolute atomic E-state index is 0.182. The third-order valence-electron chi connectivity index (χ3n) is 2.96. The molecular formula is C15H22N2O4. The zero-order valence-electron chi connectivity index (χ0n) is 12.3. The second-order valence-corrected chi connectivity index (χ2v) is 4.89. The van der Waals surface area contributed by atoms with E-state index in [4.69, 9.17) is 4.74 Å². The first kappa shape index (κ1) is 17.0. The average molecular weight is 294 g/mol. The molecule has 6 nitrogen and oxygen atoms in total. The van der Waals surface area contributed by atoms with Crippen molar-refractivity contribution in [2.75, 3.05) is 13.7 Å². The highest BCUT2D eigenvalue weighted by atomic mass is 16.5. The molecule has 2 amide bonds. The summed E-state index contributed by atoms with van der Waals surface area (Å²) in [6.07, 6.45) is 0.928. The lowest BCUT2D eigenvalue weighted by Crippen LogP contribution is -2.49. The smallest absolute Gasteiger partial charge is 0.326 e. The molecule has 21 heavy (non-hydrogen) atoms. The van der Waals surface area contributed by atoms with Gasteiger partial charge in [-0.15, -0.1) is 0 Å². The fraction of sp³-hybridized carbons (Fsp3) is 0.467. The zero-order valence-corrected chi connectivity index (χ0v) is 12.3. The number of urea groups is 1. The summed E-state index contributed by atoms with van der Waals surface area (Å²) < 4.78 is 4.90. The predicted octanol–water partition coefficient (Wildman–Crippen LogP) is 1.41. The van der Waals surface area contributed by atoms with Crippen LogP contribution in [0.25, 0.3) is 0 Å². The van der Waals surface area contributed by atoms with Crippen molar-refractivity contribution < 1.29 is 19.4 Å². The van der Waals surface area contributed by atoms with Crippen LogP contribution in [-0.4, -0.2) is 42.9 Å². The Hall–Kier alpha value is -2.08. The normalized spacial score (nSPS) is 13.2. The monoisotopic (exact) mass is 294 g/mol. The molecule has 1 aromatic rings. The van der Waals surface area contributed by atoms with Gasteiger partial charge in [0.2, 0.25) is 0 Å². The molecule has 0 radical (unpaired) electrons. The Kier molecular flexibility index (Phi) is 7.25. The Morgan fingerprint density at radius 2 is 1.90 bits per heavy atom. The first-order valence-electron chi connectivity index (χ1n) is 6.85. The molecule has 0 spiro atoms. The highest BCUT2D eigenvalue weighted by molar-refractivity contribution is 5.82. The van der Waals surface area contributed by atoms with Gasteiger partial charge in [0.1, 0.15) is 6.04 Å². The number of hydrogen-bond donors (Lipinski definition) is 3. The van der Waals surface area contributed by atoms with Crippen molar-refractivity contribution >= 4 is 12.0 Å². The van der Waals surface area contributed by atoms with E-state index in [2.05, 4.69) is 10.6 Å². The van der Waals surface area contributed by atoms with E-state index >= 15 is 0 Å². The van der Waals surface area contributed by atoms with Gasteiger partial charge in [-0.25, -0.2) is 9.59 Å². The van der Waals surface area contributed by atoms with E-state index < -0.39 is 18.0 Å². The maximum atomic E-state index is 11.7. The van der Waals surface area contributed by atoms with Crippen molar-refractivity contribution in [3.63, 3.8) is 0 Å². The fourth-order valence-electron chi connectivity index (χ4n) is 1.93. The van der Waals surface area contributed by atoms with E-state index in [0.29, 0.717) is 19.4 Å². The molecule has 0 saturated heterocycles. The molecule has 6 heteroatoms. The predicted molar refractivity (Wildman–Crippen MR) is 79.2 cm³/mol. The van der Waals surface area contributed by atoms with Crippen molar-refractivity contribution in [3.05, 3.63) is 35.9 Å². The molecule has 0 fully saturated rings. The van der Waals surface area contributed by atoms with Gasteiger partial charge in [-0.2, -0.15) is 0 Å². The number of carboxylic acids is 1. The number of carboxylic acid groups (broad SMARTS) is 1. The van der Waals surface area contributed by atoms with Crippen LogP contribution in [0.15, 0.2) is 30.3 Å². The van der Waals surface area contributed by atoms with E-state index in [1.165, 1.54) is 7.11 Å². The largest absolute Gasteiger partial charge is 0.480 e. The summed E-state index contributed by atoms with van der Waals surface area (Å²) >= 11 is 0. The molecular weight excluding hydrogens is 272 g/mol. The van der Waals surface area contributed by atoms with E-state index in [1.54, 1.807) is 6.92 Å². The van der Waals surface area contributed by atoms with Gasteiger partial charge in [-0.1, -0.05) is 30.3 Å². The van der Waals surface area contributed by atoms with Crippen molar-refractivity contribution in [2.45, 2.75) is 31.8 Å². The number of carbonyl (C=O) groups is 2. The Morgan fingerprint density at radius 3 is 2.48 bits per heavy atom. The summed E-state index contributed by atoms with van der Waals surface area (Å²) in [5.41, 5.74) is 1.04. The summed E-state index contributed by atoms with van der Waals surface area (Å²) in [6.45, 7) is 2.15. The minimum atomic E-state index is -1.04. The maximum Gasteiger partial charge on any atom is 0.326 e. The molecule has 2 atom stereocenters. The summed E-state index contributed by atoms with van der Waals surface area (Å²) in [7, 11) is 1.54. The second-order valence-electron chi connectivity index (χ2n) is 4.89. The van der Waals surface area contributed by atoms with Crippen LogP contribution in [0.1, 0.15) is 18.9 Å². The molecule has 1 rings (SSSR count). The number of hydrogen-bond acceptors (Lipinski definition) is 3. The first-order chi connectivity index (χ1) is 10.0. The van der Waals surface area contributed by atoms with Crippen molar-refractivity contribution in [1.29, 1.82) is 0 Å². The van der Waals surface area contributed by atoms with Crippen LogP contribution in [0.3, 0.4) is 0 Å². The van der Waals surface area contributed by atoms with E-state index in [-0.39, 0.29) is 6.04 Å². The number of amides is 2. The highest BCUT2D eigenvalue weighted by Crippen LogP contribution is 2.05.